The summed E-state index contributed by atoms with van der Waals surface area (Å²) in [5, 5.41) is 5.32. The minimum absolute atomic E-state index is 0.00707. The van der Waals surface area contributed by atoms with Gasteiger partial charge in [0.1, 0.15) is 5.00 Å². The lowest BCUT2D eigenvalue weighted by molar-refractivity contribution is -0.126. The molecule has 1 fully saturated rings. The Hall–Kier alpha value is -2.64. The van der Waals surface area contributed by atoms with E-state index in [9.17, 15) is 9.59 Å². The minimum atomic E-state index is 0.00707. The molecule has 3 heterocycles. The zero-order valence-electron chi connectivity index (χ0n) is 19.6. The molecule has 2 aromatic heterocycles. The van der Waals surface area contributed by atoms with E-state index in [1.54, 1.807) is 0 Å². The van der Waals surface area contributed by atoms with Crippen LogP contribution in [0, 0.1) is 5.92 Å². The Labute approximate surface area is 200 Å². The molecule has 0 radical (unpaired) electrons. The number of aromatic nitrogens is 1. The predicted octanol–water partition coefficient (Wildman–Crippen LogP) is 4.39. The van der Waals surface area contributed by atoms with Gasteiger partial charge in [-0.25, -0.2) is 0 Å². The number of hydrogen-bond donors (Lipinski definition) is 1. The quantitative estimate of drug-likeness (QED) is 0.476. The number of nitrogens with zero attached hydrogens (tertiary/aromatic N) is 3. The molecule has 6 nitrogen and oxygen atoms in total. The van der Waals surface area contributed by atoms with E-state index < -0.39 is 0 Å². The zero-order valence-corrected chi connectivity index (χ0v) is 20.4. The first-order valence-electron chi connectivity index (χ1n) is 12.1. The van der Waals surface area contributed by atoms with E-state index in [-0.39, 0.29) is 17.7 Å². The molecular weight excluding hydrogens is 432 g/mol. The number of carbonyl (C=O) groups excluding carboxylic acids is 2. The number of likely N-dealkylation sites (tertiary alicyclic amines) is 1. The monoisotopic (exact) mass is 466 g/mol. The smallest absolute Gasteiger partial charge is 0.263 e. The van der Waals surface area contributed by atoms with Gasteiger partial charge in [0, 0.05) is 31.7 Å². The van der Waals surface area contributed by atoms with Gasteiger partial charge in [0.15, 0.2) is 0 Å². The van der Waals surface area contributed by atoms with Crippen LogP contribution in [0.3, 0.4) is 0 Å². The van der Waals surface area contributed by atoms with Gasteiger partial charge in [-0.1, -0.05) is 32.0 Å². The van der Waals surface area contributed by atoms with Crippen molar-refractivity contribution in [3.63, 3.8) is 0 Å². The average molecular weight is 467 g/mol. The molecule has 0 saturated carbocycles. The topological polar surface area (TPSA) is 57.6 Å². The third-order valence-electron chi connectivity index (χ3n) is 6.64. The highest BCUT2D eigenvalue weighted by atomic mass is 32.1. The van der Waals surface area contributed by atoms with Crippen LogP contribution in [0.15, 0.2) is 48.7 Å². The van der Waals surface area contributed by atoms with Gasteiger partial charge in [0.25, 0.3) is 5.91 Å². The van der Waals surface area contributed by atoms with Crippen LogP contribution in [0.1, 0.15) is 42.8 Å². The highest BCUT2D eigenvalue weighted by molar-refractivity contribution is 7.16. The summed E-state index contributed by atoms with van der Waals surface area (Å²) in [5.74, 6) is 0.216. The van der Waals surface area contributed by atoms with Crippen molar-refractivity contribution in [1.29, 1.82) is 0 Å². The number of para-hydroxylation sites is 1. The van der Waals surface area contributed by atoms with Crippen LogP contribution >= 0.6 is 11.3 Å². The van der Waals surface area contributed by atoms with E-state index in [0.29, 0.717) is 13.1 Å². The molecule has 1 N–H and O–H groups in total. The van der Waals surface area contributed by atoms with Crippen LogP contribution in [-0.4, -0.2) is 65.4 Å². The Morgan fingerprint density at radius 2 is 1.82 bits per heavy atom. The summed E-state index contributed by atoms with van der Waals surface area (Å²) in [5.41, 5.74) is 1.14. The Bertz CT molecular complexity index is 1080. The van der Waals surface area contributed by atoms with Gasteiger partial charge in [-0.05, 0) is 68.5 Å². The molecule has 1 aliphatic heterocycles. The first kappa shape index (κ1) is 23.5. The normalized spacial score (nSPS) is 14.8. The second-order valence-corrected chi connectivity index (χ2v) is 9.68. The maximum Gasteiger partial charge on any atom is 0.263 e. The summed E-state index contributed by atoms with van der Waals surface area (Å²) in [6, 6.07) is 14.3. The van der Waals surface area contributed by atoms with Crippen LogP contribution in [0.5, 0.6) is 0 Å². The highest BCUT2D eigenvalue weighted by Gasteiger charge is 2.28. The molecule has 2 amide bonds. The number of hydrogen-bond acceptors (Lipinski definition) is 4. The van der Waals surface area contributed by atoms with E-state index >= 15 is 0 Å². The molecule has 1 saturated heterocycles. The summed E-state index contributed by atoms with van der Waals surface area (Å²) in [4.78, 5) is 30.6. The fourth-order valence-electron chi connectivity index (χ4n) is 4.55. The molecule has 0 bridgehead atoms. The molecule has 1 aromatic carbocycles. The lowest BCUT2D eigenvalue weighted by Gasteiger charge is -2.31. The largest absolute Gasteiger partial charge is 0.356 e. The van der Waals surface area contributed by atoms with Crippen LogP contribution in [0.2, 0.25) is 0 Å². The third kappa shape index (κ3) is 5.47. The lowest BCUT2D eigenvalue weighted by Crippen LogP contribution is -2.43. The fraction of sp³-hybridized carbons (Fsp3) is 0.462. The van der Waals surface area contributed by atoms with Crippen molar-refractivity contribution in [3.05, 3.63) is 53.5 Å². The van der Waals surface area contributed by atoms with Gasteiger partial charge in [-0.2, -0.15) is 0 Å². The third-order valence-corrected chi connectivity index (χ3v) is 7.71. The van der Waals surface area contributed by atoms with Crippen molar-refractivity contribution in [2.45, 2.75) is 33.1 Å². The van der Waals surface area contributed by atoms with E-state index in [2.05, 4.69) is 53.0 Å². The van der Waals surface area contributed by atoms with E-state index in [0.717, 1.165) is 60.8 Å². The number of carbonyl (C=O) groups is 2. The summed E-state index contributed by atoms with van der Waals surface area (Å²) < 4.78 is 2.13. The van der Waals surface area contributed by atoms with Crippen LogP contribution < -0.4 is 5.32 Å². The van der Waals surface area contributed by atoms with Crippen molar-refractivity contribution in [3.8, 4) is 5.00 Å². The van der Waals surface area contributed by atoms with Crippen molar-refractivity contribution in [2.24, 2.45) is 5.92 Å². The number of piperidine rings is 1. The number of amides is 2. The SMILES string of the molecule is CCN(CC)CCCNC(=O)C1CCN(C(=O)c2ccc(-n3ccc4ccccc43)s2)CC1. The van der Waals surface area contributed by atoms with Crippen LogP contribution in [0.25, 0.3) is 15.9 Å². The van der Waals surface area contributed by atoms with Crippen LogP contribution in [0.4, 0.5) is 0 Å². The number of benzene rings is 1. The van der Waals surface area contributed by atoms with Gasteiger partial charge in [0.2, 0.25) is 5.91 Å². The van der Waals surface area contributed by atoms with Crippen molar-refractivity contribution < 1.29 is 9.59 Å². The van der Waals surface area contributed by atoms with Gasteiger partial charge >= 0.3 is 0 Å². The molecular formula is C26H34N4O2S. The number of thiophene rings is 1. The van der Waals surface area contributed by atoms with Gasteiger partial charge in [0.05, 0.1) is 10.4 Å². The first-order valence-corrected chi connectivity index (χ1v) is 12.9. The molecule has 0 atom stereocenters. The standard InChI is InChI=1S/C26H34N4O2S/c1-3-28(4-2)16-7-15-27-25(31)21-12-17-29(18-13-21)26(32)23-10-11-24(33-23)30-19-14-20-8-5-6-9-22(20)30/h5-6,8-11,14,19,21H,3-4,7,12-13,15-18H2,1-2H3,(H,27,31). The Balaban J connectivity index is 1.27. The maximum atomic E-state index is 13.1. The molecule has 0 aliphatic carbocycles. The van der Waals surface area contributed by atoms with Gasteiger partial charge in [-0.3, -0.25) is 9.59 Å². The first-order chi connectivity index (χ1) is 16.1. The van der Waals surface area contributed by atoms with Crippen LogP contribution in [-0.2, 0) is 4.79 Å². The molecule has 176 valence electrons. The molecule has 1 aliphatic rings. The molecule has 7 heteroatoms. The highest BCUT2D eigenvalue weighted by Crippen LogP contribution is 2.28. The summed E-state index contributed by atoms with van der Waals surface area (Å²) in [6.45, 7) is 9.43. The van der Waals surface area contributed by atoms with E-state index in [4.69, 9.17) is 0 Å². The zero-order chi connectivity index (χ0) is 23.2. The number of fused-ring (bicyclic) bond motifs is 1. The lowest BCUT2D eigenvalue weighted by atomic mass is 9.95. The molecule has 4 rings (SSSR count). The Kier molecular flexibility index (Phi) is 7.83. The minimum Gasteiger partial charge on any atom is -0.356 e. The predicted molar refractivity (Wildman–Crippen MR) is 135 cm³/mol. The van der Waals surface area contributed by atoms with E-state index in [1.807, 2.05) is 29.2 Å². The Morgan fingerprint density at radius 1 is 1.06 bits per heavy atom. The molecule has 0 spiro atoms. The molecule has 3 aromatic rings. The molecule has 33 heavy (non-hydrogen) atoms. The Morgan fingerprint density at radius 3 is 2.58 bits per heavy atom. The average Bonchev–Trinajstić information content (AvgIpc) is 3.51. The van der Waals surface area contributed by atoms with Crippen molar-refractivity contribution in [1.82, 2.24) is 19.7 Å². The summed E-state index contributed by atoms with van der Waals surface area (Å²) in [7, 11) is 0. The van der Waals surface area contributed by atoms with E-state index in [1.165, 1.54) is 16.7 Å². The summed E-state index contributed by atoms with van der Waals surface area (Å²) >= 11 is 1.52. The fourth-order valence-corrected chi connectivity index (χ4v) is 5.52. The molecule has 0 unspecified atom stereocenters. The second kappa shape index (κ2) is 11.0. The van der Waals surface area contributed by atoms with Gasteiger partial charge < -0.3 is 19.7 Å². The maximum absolute atomic E-state index is 13.1. The van der Waals surface area contributed by atoms with Crippen molar-refractivity contribution in [2.75, 3.05) is 39.3 Å². The van der Waals surface area contributed by atoms with Gasteiger partial charge in [-0.15, -0.1) is 11.3 Å². The number of rotatable bonds is 9. The van der Waals surface area contributed by atoms with Crippen molar-refractivity contribution >= 4 is 34.1 Å². The summed E-state index contributed by atoms with van der Waals surface area (Å²) in [6.07, 6.45) is 4.49. The second-order valence-electron chi connectivity index (χ2n) is 8.62. The number of nitrogens with one attached hydrogen (secondary N) is 1.